The summed E-state index contributed by atoms with van der Waals surface area (Å²) in [7, 11) is 0. The molecule has 2 aliphatic rings. The van der Waals surface area contributed by atoms with Crippen molar-refractivity contribution in [2.24, 2.45) is 0 Å². The van der Waals surface area contributed by atoms with Crippen molar-refractivity contribution in [2.75, 3.05) is 25.0 Å². The fourth-order valence-electron chi connectivity index (χ4n) is 3.41. The standard InChI is InChI=1S/C22H22N4O2.C2HF3O2/c27-20-15-23-14-19-12-16(13-24-22(19)25-20)6-7-21(28)26-10-8-18(9-11-26)17-4-2-1-3-5-17;3-2(4,5)1(6)7/h1-8,12-13,23H,9-11,14-15H2,(H,24,25,27);(H,6,7). The molecule has 1 aromatic carbocycles. The Morgan fingerprint density at radius 1 is 1.14 bits per heavy atom. The summed E-state index contributed by atoms with van der Waals surface area (Å²) in [5.41, 5.74) is 4.26. The molecule has 4 rings (SSSR count). The van der Waals surface area contributed by atoms with Crippen molar-refractivity contribution in [3.05, 3.63) is 71.4 Å². The number of nitrogens with one attached hydrogen (secondary N) is 2. The Kier molecular flexibility index (Phi) is 8.37. The second-order valence-electron chi connectivity index (χ2n) is 7.69. The predicted molar refractivity (Wildman–Crippen MR) is 123 cm³/mol. The second kappa shape index (κ2) is 11.4. The van der Waals surface area contributed by atoms with Crippen LogP contribution >= 0.6 is 0 Å². The molecule has 184 valence electrons. The van der Waals surface area contributed by atoms with Crippen LogP contribution in [0.3, 0.4) is 0 Å². The van der Waals surface area contributed by atoms with Gasteiger partial charge < -0.3 is 20.6 Å². The summed E-state index contributed by atoms with van der Waals surface area (Å²) in [5, 5.41) is 12.9. The third kappa shape index (κ3) is 7.51. The number of carboxylic acids is 1. The maximum atomic E-state index is 12.5. The number of aromatic nitrogens is 1. The summed E-state index contributed by atoms with van der Waals surface area (Å²) in [6, 6.07) is 12.2. The highest BCUT2D eigenvalue weighted by atomic mass is 19.4. The zero-order valence-corrected chi connectivity index (χ0v) is 18.5. The quantitative estimate of drug-likeness (QED) is 0.573. The molecule has 11 heteroatoms. The Hall–Kier alpha value is -3.99. The monoisotopic (exact) mass is 488 g/mol. The van der Waals surface area contributed by atoms with Gasteiger partial charge in [-0.25, -0.2) is 9.78 Å². The minimum Gasteiger partial charge on any atom is -0.475 e. The number of rotatable bonds is 3. The van der Waals surface area contributed by atoms with E-state index >= 15 is 0 Å². The van der Waals surface area contributed by atoms with E-state index in [4.69, 9.17) is 9.90 Å². The number of aliphatic carboxylic acids is 1. The molecule has 0 radical (unpaired) electrons. The predicted octanol–water partition coefficient (Wildman–Crippen LogP) is 3.09. The zero-order valence-electron chi connectivity index (χ0n) is 18.5. The molecule has 0 spiro atoms. The van der Waals surface area contributed by atoms with Crippen LogP contribution in [0.1, 0.15) is 23.1 Å². The van der Waals surface area contributed by atoms with Crippen LogP contribution in [0.5, 0.6) is 0 Å². The molecule has 2 aromatic rings. The van der Waals surface area contributed by atoms with Gasteiger partial charge in [0.25, 0.3) is 0 Å². The number of hydrogen-bond acceptors (Lipinski definition) is 5. The average molecular weight is 488 g/mol. The maximum absolute atomic E-state index is 12.5. The number of carbonyl (C=O) groups is 3. The van der Waals surface area contributed by atoms with E-state index in [1.807, 2.05) is 29.2 Å². The minimum atomic E-state index is -5.08. The van der Waals surface area contributed by atoms with E-state index in [2.05, 4.69) is 33.8 Å². The van der Waals surface area contributed by atoms with Gasteiger partial charge >= 0.3 is 12.1 Å². The molecular weight excluding hydrogens is 465 g/mol. The van der Waals surface area contributed by atoms with E-state index < -0.39 is 12.1 Å². The molecule has 0 atom stereocenters. The number of carboxylic acid groups (broad SMARTS) is 1. The topological polar surface area (TPSA) is 112 Å². The van der Waals surface area contributed by atoms with Gasteiger partial charge in [0.15, 0.2) is 0 Å². The van der Waals surface area contributed by atoms with Crippen LogP contribution in [-0.4, -0.2) is 58.6 Å². The molecule has 0 fully saturated rings. The number of benzene rings is 1. The van der Waals surface area contributed by atoms with Gasteiger partial charge in [-0.2, -0.15) is 13.2 Å². The Morgan fingerprint density at radius 2 is 1.86 bits per heavy atom. The average Bonchev–Trinajstić information content (AvgIpc) is 3.03. The van der Waals surface area contributed by atoms with Gasteiger partial charge in [0.05, 0.1) is 6.54 Å². The van der Waals surface area contributed by atoms with E-state index in [0.717, 1.165) is 17.5 Å². The van der Waals surface area contributed by atoms with Crippen LogP contribution in [0.4, 0.5) is 19.0 Å². The van der Waals surface area contributed by atoms with Crippen molar-refractivity contribution in [3.63, 3.8) is 0 Å². The van der Waals surface area contributed by atoms with Gasteiger partial charge in [0, 0.05) is 37.5 Å². The molecule has 3 N–H and O–H groups in total. The van der Waals surface area contributed by atoms with E-state index in [1.54, 1.807) is 18.3 Å². The zero-order chi connectivity index (χ0) is 25.4. The SMILES string of the molecule is O=C(O)C(F)(F)F.O=C1CNCc2cc(C=CC(=O)N3CC=C(c4ccccc4)CC3)cnc2N1. The number of nitrogens with zero attached hydrogens (tertiary/aromatic N) is 2. The molecule has 0 saturated carbocycles. The molecule has 2 amide bonds. The lowest BCUT2D eigenvalue weighted by Crippen LogP contribution is -2.33. The van der Waals surface area contributed by atoms with Gasteiger partial charge in [-0.05, 0) is 35.3 Å². The first-order chi connectivity index (χ1) is 16.6. The van der Waals surface area contributed by atoms with Crippen LogP contribution in [0.25, 0.3) is 11.6 Å². The second-order valence-corrected chi connectivity index (χ2v) is 7.69. The van der Waals surface area contributed by atoms with E-state index in [1.165, 1.54) is 11.1 Å². The lowest BCUT2D eigenvalue weighted by atomic mass is 9.99. The minimum absolute atomic E-state index is 0.00951. The smallest absolute Gasteiger partial charge is 0.475 e. The van der Waals surface area contributed by atoms with Crippen LogP contribution in [0.2, 0.25) is 0 Å². The molecule has 0 bridgehead atoms. The van der Waals surface area contributed by atoms with E-state index in [9.17, 15) is 22.8 Å². The van der Waals surface area contributed by atoms with Gasteiger partial charge in [-0.1, -0.05) is 36.4 Å². The molecule has 3 heterocycles. The van der Waals surface area contributed by atoms with Crippen LogP contribution in [0, 0.1) is 0 Å². The molecule has 1 aromatic heterocycles. The largest absolute Gasteiger partial charge is 0.490 e. The Labute approximate surface area is 199 Å². The summed E-state index contributed by atoms with van der Waals surface area (Å²) in [6.07, 6.45) is 2.93. The number of pyridine rings is 1. The summed E-state index contributed by atoms with van der Waals surface area (Å²) >= 11 is 0. The molecule has 35 heavy (non-hydrogen) atoms. The number of carbonyl (C=O) groups excluding carboxylic acids is 2. The van der Waals surface area contributed by atoms with Gasteiger partial charge in [0.2, 0.25) is 11.8 Å². The van der Waals surface area contributed by atoms with Gasteiger partial charge in [-0.15, -0.1) is 0 Å². The lowest BCUT2D eigenvalue weighted by Gasteiger charge is -2.25. The van der Waals surface area contributed by atoms with Crippen molar-refractivity contribution in [3.8, 4) is 0 Å². The highest BCUT2D eigenvalue weighted by Gasteiger charge is 2.38. The third-order valence-corrected chi connectivity index (χ3v) is 5.17. The van der Waals surface area contributed by atoms with Crippen molar-refractivity contribution < 1.29 is 32.7 Å². The van der Waals surface area contributed by atoms with Crippen molar-refractivity contribution >= 4 is 35.3 Å². The molecule has 0 aliphatic carbocycles. The first-order valence-electron chi connectivity index (χ1n) is 10.6. The van der Waals surface area contributed by atoms with E-state index in [-0.39, 0.29) is 18.4 Å². The number of halogens is 3. The number of anilines is 1. The van der Waals surface area contributed by atoms with Crippen LogP contribution in [0.15, 0.2) is 54.7 Å². The van der Waals surface area contributed by atoms with Crippen molar-refractivity contribution in [1.29, 1.82) is 0 Å². The Balaban J connectivity index is 0.000000429. The number of alkyl halides is 3. The number of fused-ring (bicyclic) bond motifs is 1. The highest BCUT2D eigenvalue weighted by molar-refractivity contribution is 5.94. The Bertz CT molecular complexity index is 1150. The van der Waals surface area contributed by atoms with Crippen LogP contribution in [-0.2, 0) is 20.9 Å². The number of amides is 2. The Morgan fingerprint density at radius 3 is 2.49 bits per heavy atom. The normalized spacial score (nSPS) is 15.8. The van der Waals surface area contributed by atoms with Crippen molar-refractivity contribution in [2.45, 2.75) is 19.1 Å². The first kappa shape index (κ1) is 25.6. The summed E-state index contributed by atoms with van der Waals surface area (Å²) in [5.74, 6) is -2.29. The molecule has 0 unspecified atom stereocenters. The molecule has 0 saturated heterocycles. The fraction of sp³-hybridized carbons (Fsp3) is 0.250. The van der Waals surface area contributed by atoms with Gasteiger partial charge in [0.1, 0.15) is 5.82 Å². The van der Waals surface area contributed by atoms with Crippen LogP contribution < -0.4 is 10.6 Å². The summed E-state index contributed by atoms with van der Waals surface area (Å²) in [4.78, 5) is 39.1. The molecule has 8 nitrogen and oxygen atoms in total. The first-order valence-corrected chi connectivity index (χ1v) is 10.6. The maximum Gasteiger partial charge on any atom is 0.490 e. The summed E-state index contributed by atoms with van der Waals surface area (Å²) < 4.78 is 31.7. The van der Waals surface area contributed by atoms with E-state index in [0.29, 0.717) is 25.5 Å². The third-order valence-electron chi connectivity index (χ3n) is 5.17. The van der Waals surface area contributed by atoms with Gasteiger partial charge in [-0.3, -0.25) is 9.59 Å². The lowest BCUT2D eigenvalue weighted by molar-refractivity contribution is -0.192. The molecule has 2 aliphatic heterocycles. The highest BCUT2D eigenvalue weighted by Crippen LogP contribution is 2.22. The molecular formula is C24H23F3N4O4. The number of hydrogen-bond donors (Lipinski definition) is 3. The fourth-order valence-corrected chi connectivity index (χ4v) is 3.41. The summed E-state index contributed by atoms with van der Waals surface area (Å²) in [6.45, 7) is 2.16. The van der Waals surface area contributed by atoms with Crippen molar-refractivity contribution in [1.82, 2.24) is 15.2 Å².